The van der Waals surface area contributed by atoms with Gasteiger partial charge in [0.2, 0.25) is 0 Å². The van der Waals surface area contributed by atoms with Crippen LogP contribution in [0, 0.1) is 0 Å². The van der Waals surface area contributed by atoms with Crippen molar-refractivity contribution in [2.75, 3.05) is 33.8 Å². The highest BCUT2D eigenvalue weighted by Gasteiger charge is 2.18. The van der Waals surface area contributed by atoms with Gasteiger partial charge in [-0.3, -0.25) is 4.79 Å². The smallest absolute Gasteiger partial charge is 0.265 e. The van der Waals surface area contributed by atoms with Gasteiger partial charge in [0.15, 0.2) is 0 Å². The summed E-state index contributed by atoms with van der Waals surface area (Å²) in [5, 5.41) is 2.98. The maximum atomic E-state index is 12.4. The van der Waals surface area contributed by atoms with E-state index in [1.54, 1.807) is 0 Å². The van der Waals surface area contributed by atoms with Crippen LogP contribution in [0.4, 0.5) is 0 Å². The number of thiophene rings is 1. The molecule has 1 aromatic carbocycles. The first-order valence-corrected chi connectivity index (χ1v) is 8.68. The van der Waals surface area contributed by atoms with Gasteiger partial charge in [0, 0.05) is 11.4 Å². The van der Waals surface area contributed by atoms with Gasteiger partial charge in [-0.25, -0.2) is 0 Å². The molecule has 0 atom stereocenters. The molecule has 2 rings (SSSR count). The van der Waals surface area contributed by atoms with Crippen molar-refractivity contribution in [3.8, 4) is 16.2 Å². The van der Waals surface area contributed by atoms with Crippen molar-refractivity contribution < 1.29 is 9.53 Å². The Hall–Kier alpha value is -1.85. The summed E-state index contributed by atoms with van der Waals surface area (Å²) in [6, 6.07) is 12.0. The average molecular weight is 332 g/mol. The molecular formula is C18H24N2O2S. The third-order valence-corrected chi connectivity index (χ3v) is 4.49. The standard InChI is InChI=1S/C18H24N2O2S/c1-4-22-15-13-16(14-9-6-5-7-10-14)23-17(15)18(21)19-11-8-12-20(2)3/h5-7,9-10,13H,4,8,11-12H2,1-3H3,(H,19,21). The van der Waals surface area contributed by atoms with E-state index in [4.69, 9.17) is 4.74 Å². The van der Waals surface area contributed by atoms with E-state index in [-0.39, 0.29) is 5.91 Å². The number of amides is 1. The zero-order valence-corrected chi connectivity index (χ0v) is 14.8. The molecule has 0 fully saturated rings. The predicted molar refractivity (Wildman–Crippen MR) is 96.4 cm³/mol. The molecule has 1 heterocycles. The minimum Gasteiger partial charge on any atom is -0.492 e. The van der Waals surface area contributed by atoms with Crippen LogP contribution in [0.5, 0.6) is 5.75 Å². The molecule has 0 spiro atoms. The predicted octanol–water partition coefficient (Wildman–Crippen LogP) is 3.50. The van der Waals surface area contributed by atoms with E-state index in [0.717, 1.165) is 23.4 Å². The van der Waals surface area contributed by atoms with Crippen LogP contribution >= 0.6 is 11.3 Å². The zero-order chi connectivity index (χ0) is 16.7. The van der Waals surface area contributed by atoms with Gasteiger partial charge >= 0.3 is 0 Å². The molecule has 0 radical (unpaired) electrons. The summed E-state index contributed by atoms with van der Waals surface area (Å²) in [7, 11) is 4.06. The first-order chi connectivity index (χ1) is 11.1. The fraction of sp³-hybridized carbons (Fsp3) is 0.389. The number of benzene rings is 1. The van der Waals surface area contributed by atoms with Gasteiger partial charge in [0.05, 0.1) is 6.61 Å². The van der Waals surface area contributed by atoms with Crippen molar-refractivity contribution in [1.82, 2.24) is 10.2 Å². The second-order valence-corrected chi connectivity index (χ2v) is 6.57. The van der Waals surface area contributed by atoms with Gasteiger partial charge in [0.25, 0.3) is 5.91 Å². The Morgan fingerprint density at radius 2 is 2.00 bits per heavy atom. The first-order valence-electron chi connectivity index (χ1n) is 7.86. The molecular weight excluding hydrogens is 308 g/mol. The zero-order valence-electron chi connectivity index (χ0n) is 14.0. The van der Waals surface area contributed by atoms with E-state index in [0.29, 0.717) is 23.8 Å². The molecule has 5 heteroatoms. The summed E-state index contributed by atoms with van der Waals surface area (Å²) < 4.78 is 5.65. The monoisotopic (exact) mass is 332 g/mol. The van der Waals surface area contributed by atoms with E-state index in [1.807, 2.05) is 57.4 Å². The molecule has 0 aliphatic rings. The summed E-state index contributed by atoms with van der Waals surface area (Å²) in [6.07, 6.45) is 0.930. The van der Waals surface area contributed by atoms with Crippen molar-refractivity contribution in [2.45, 2.75) is 13.3 Å². The van der Waals surface area contributed by atoms with Gasteiger partial charge in [-0.15, -0.1) is 11.3 Å². The van der Waals surface area contributed by atoms with Crippen molar-refractivity contribution in [2.24, 2.45) is 0 Å². The quantitative estimate of drug-likeness (QED) is 0.752. The minimum atomic E-state index is -0.0561. The highest BCUT2D eigenvalue weighted by atomic mass is 32.1. The Bertz CT molecular complexity index is 623. The van der Waals surface area contributed by atoms with Crippen LogP contribution in [-0.4, -0.2) is 44.6 Å². The summed E-state index contributed by atoms with van der Waals surface area (Å²) >= 11 is 1.48. The lowest BCUT2D eigenvalue weighted by molar-refractivity contribution is 0.0953. The number of hydrogen-bond donors (Lipinski definition) is 1. The summed E-state index contributed by atoms with van der Waals surface area (Å²) in [5.74, 6) is 0.612. The third kappa shape index (κ3) is 5.08. The number of carbonyl (C=O) groups excluding carboxylic acids is 1. The number of ether oxygens (including phenoxy) is 1. The Kier molecular flexibility index (Phi) is 6.62. The van der Waals surface area contributed by atoms with Crippen molar-refractivity contribution in [3.63, 3.8) is 0 Å². The molecule has 23 heavy (non-hydrogen) atoms. The molecule has 0 saturated carbocycles. The lowest BCUT2D eigenvalue weighted by Crippen LogP contribution is -2.26. The Morgan fingerprint density at radius 1 is 1.26 bits per heavy atom. The molecule has 124 valence electrons. The van der Waals surface area contributed by atoms with Crippen LogP contribution in [0.15, 0.2) is 36.4 Å². The Labute approximate surface area is 142 Å². The average Bonchev–Trinajstić information content (AvgIpc) is 2.96. The van der Waals surface area contributed by atoms with Gasteiger partial charge < -0.3 is 15.0 Å². The second-order valence-electron chi connectivity index (χ2n) is 5.52. The summed E-state index contributed by atoms with van der Waals surface area (Å²) in [4.78, 5) is 16.2. The molecule has 0 aliphatic carbocycles. The van der Waals surface area contributed by atoms with Crippen molar-refractivity contribution in [3.05, 3.63) is 41.3 Å². The number of carbonyl (C=O) groups is 1. The topological polar surface area (TPSA) is 41.6 Å². The van der Waals surface area contributed by atoms with Crippen LogP contribution < -0.4 is 10.1 Å². The lowest BCUT2D eigenvalue weighted by atomic mass is 10.2. The molecule has 1 N–H and O–H groups in total. The molecule has 4 nitrogen and oxygen atoms in total. The molecule has 0 unspecified atom stereocenters. The van der Waals surface area contributed by atoms with E-state index in [9.17, 15) is 4.79 Å². The Balaban J connectivity index is 2.10. The van der Waals surface area contributed by atoms with Crippen LogP contribution in [0.3, 0.4) is 0 Å². The Morgan fingerprint density at radius 3 is 2.65 bits per heavy atom. The van der Waals surface area contributed by atoms with E-state index < -0.39 is 0 Å². The van der Waals surface area contributed by atoms with Crippen molar-refractivity contribution in [1.29, 1.82) is 0 Å². The third-order valence-electron chi connectivity index (χ3n) is 3.33. The highest BCUT2D eigenvalue weighted by molar-refractivity contribution is 7.17. The first kappa shape index (κ1) is 17.5. The number of nitrogens with zero attached hydrogens (tertiary/aromatic N) is 1. The lowest BCUT2D eigenvalue weighted by Gasteiger charge is -2.10. The van der Waals surface area contributed by atoms with Gasteiger partial charge in [0.1, 0.15) is 10.6 Å². The number of rotatable bonds is 8. The second kappa shape index (κ2) is 8.70. The summed E-state index contributed by atoms with van der Waals surface area (Å²) in [6.45, 7) is 4.10. The maximum Gasteiger partial charge on any atom is 0.265 e. The van der Waals surface area contributed by atoms with E-state index in [2.05, 4.69) is 10.2 Å². The van der Waals surface area contributed by atoms with Crippen LogP contribution in [0.25, 0.3) is 10.4 Å². The van der Waals surface area contributed by atoms with E-state index in [1.165, 1.54) is 11.3 Å². The number of hydrogen-bond acceptors (Lipinski definition) is 4. The van der Waals surface area contributed by atoms with Crippen LogP contribution in [0.1, 0.15) is 23.0 Å². The molecule has 2 aromatic rings. The van der Waals surface area contributed by atoms with Gasteiger partial charge in [-0.05, 0) is 45.6 Å². The number of nitrogens with one attached hydrogen (secondary N) is 1. The van der Waals surface area contributed by atoms with E-state index >= 15 is 0 Å². The molecule has 0 aliphatic heterocycles. The van der Waals surface area contributed by atoms with Crippen molar-refractivity contribution >= 4 is 17.2 Å². The van der Waals surface area contributed by atoms with Gasteiger partial charge in [-0.2, -0.15) is 0 Å². The fourth-order valence-electron chi connectivity index (χ4n) is 2.22. The fourth-order valence-corrected chi connectivity index (χ4v) is 3.24. The molecule has 1 aromatic heterocycles. The normalized spacial score (nSPS) is 10.8. The van der Waals surface area contributed by atoms with Crippen LogP contribution in [-0.2, 0) is 0 Å². The van der Waals surface area contributed by atoms with Gasteiger partial charge in [-0.1, -0.05) is 30.3 Å². The summed E-state index contributed by atoms with van der Waals surface area (Å²) in [5.41, 5.74) is 1.10. The minimum absolute atomic E-state index is 0.0561. The molecule has 1 amide bonds. The SMILES string of the molecule is CCOc1cc(-c2ccccc2)sc1C(=O)NCCCN(C)C. The van der Waals surface area contributed by atoms with Crippen LogP contribution in [0.2, 0.25) is 0 Å². The highest BCUT2D eigenvalue weighted by Crippen LogP contribution is 2.36. The largest absolute Gasteiger partial charge is 0.492 e. The molecule has 0 saturated heterocycles. The maximum absolute atomic E-state index is 12.4. The molecule has 0 bridgehead atoms.